The van der Waals surface area contributed by atoms with E-state index in [4.69, 9.17) is 5.73 Å². The van der Waals surface area contributed by atoms with Crippen molar-refractivity contribution in [3.05, 3.63) is 11.6 Å². The van der Waals surface area contributed by atoms with Gasteiger partial charge in [0.1, 0.15) is 0 Å². The van der Waals surface area contributed by atoms with Gasteiger partial charge in [-0.1, -0.05) is 25.5 Å². The van der Waals surface area contributed by atoms with Gasteiger partial charge < -0.3 is 10.8 Å². The Bertz CT molecular complexity index is 512. The Balaban J connectivity index is 1.65. The van der Waals surface area contributed by atoms with E-state index < -0.39 is 0 Å². The highest BCUT2D eigenvalue weighted by Gasteiger charge is 2.58. The molecule has 0 spiro atoms. The second-order valence-electron chi connectivity index (χ2n) is 9.74. The number of fused-ring (bicyclic) bond motifs is 5. The molecule has 3 fully saturated rings. The van der Waals surface area contributed by atoms with Crippen LogP contribution in [0.3, 0.4) is 0 Å². The molecule has 0 bridgehead atoms. The zero-order valence-corrected chi connectivity index (χ0v) is 15.2. The average molecular weight is 318 g/mol. The molecule has 0 aromatic carbocycles. The van der Waals surface area contributed by atoms with Crippen molar-refractivity contribution in [2.75, 3.05) is 0 Å². The Hall–Kier alpha value is -0.340. The molecule has 4 rings (SSSR count). The smallest absolute Gasteiger partial charge is 0.0577 e. The molecule has 23 heavy (non-hydrogen) atoms. The lowest BCUT2D eigenvalue weighted by molar-refractivity contribution is -0.0520. The van der Waals surface area contributed by atoms with Crippen LogP contribution in [0.25, 0.3) is 0 Å². The summed E-state index contributed by atoms with van der Waals surface area (Å²) in [6, 6.07) is 0.344. The molecule has 4 aliphatic rings. The van der Waals surface area contributed by atoms with Gasteiger partial charge in [-0.05, 0) is 92.8 Å². The second kappa shape index (κ2) is 5.33. The molecular weight excluding hydrogens is 282 g/mol. The summed E-state index contributed by atoms with van der Waals surface area (Å²) < 4.78 is 0. The van der Waals surface area contributed by atoms with E-state index in [1.54, 1.807) is 5.57 Å². The van der Waals surface area contributed by atoms with Crippen LogP contribution in [0.4, 0.5) is 0 Å². The Morgan fingerprint density at radius 2 is 1.91 bits per heavy atom. The maximum atomic E-state index is 10.1. The molecule has 0 aliphatic heterocycles. The molecule has 8 atom stereocenters. The standard InChI is InChI=1S/C21H35NO/c1-13(22)17-6-7-18-16-5-4-14-12-15(23)8-10-20(14,2)19(16)9-11-21(17,18)3/h4,13,15-19,23H,5-12,22H2,1-3H3/t13-,15+,16-,17-,18-,19+,20+,21-/m1/s1. The first-order chi connectivity index (χ1) is 10.9. The fourth-order valence-corrected chi connectivity index (χ4v) is 7.55. The van der Waals surface area contributed by atoms with Crippen molar-refractivity contribution < 1.29 is 5.11 Å². The molecule has 0 saturated heterocycles. The molecule has 0 unspecified atom stereocenters. The SMILES string of the molecule is C[C@@H](N)[C@H]1CC[C@@H]2[C@H]3CC=C4C[C@@H](O)CC[C@]4(C)[C@H]3CC[C@@]21C. The van der Waals surface area contributed by atoms with Gasteiger partial charge in [0.15, 0.2) is 0 Å². The Morgan fingerprint density at radius 3 is 2.65 bits per heavy atom. The molecule has 2 heteroatoms. The number of aliphatic hydroxyl groups is 1. The molecular formula is C21H35NO. The van der Waals surface area contributed by atoms with Crippen molar-refractivity contribution in [3.63, 3.8) is 0 Å². The van der Waals surface area contributed by atoms with E-state index in [1.807, 2.05) is 0 Å². The van der Waals surface area contributed by atoms with Crippen molar-refractivity contribution in [1.29, 1.82) is 0 Å². The fourth-order valence-electron chi connectivity index (χ4n) is 7.55. The lowest BCUT2D eigenvalue weighted by Gasteiger charge is -2.58. The summed E-state index contributed by atoms with van der Waals surface area (Å²) in [4.78, 5) is 0. The summed E-state index contributed by atoms with van der Waals surface area (Å²) in [6.07, 6.45) is 12.3. The van der Waals surface area contributed by atoms with Crippen molar-refractivity contribution in [2.45, 2.75) is 84.3 Å². The summed E-state index contributed by atoms with van der Waals surface area (Å²) in [6.45, 7) is 7.30. The minimum atomic E-state index is -0.0892. The third-order valence-electron chi connectivity index (χ3n) is 8.79. The molecule has 3 N–H and O–H groups in total. The Labute approximate surface area is 141 Å². The van der Waals surface area contributed by atoms with Crippen LogP contribution < -0.4 is 5.73 Å². The van der Waals surface area contributed by atoms with Gasteiger partial charge in [-0.25, -0.2) is 0 Å². The summed E-state index contributed by atoms with van der Waals surface area (Å²) in [5.74, 6) is 3.31. The fraction of sp³-hybridized carbons (Fsp3) is 0.905. The summed E-state index contributed by atoms with van der Waals surface area (Å²) >= 11 is 0. The number of nitrogens with two attached hydrogens (primary N) is 1. The number of hydrogen-bond donors (Lipinski definition) is 2. The third kappa shape index (κ3) is 2.20. The number of hydrogen-bond acceptors (Lipinski definition) is 2. The van der Waals surface area contributed by atoms with Crippen LogP contribution in [-0.2, 0) is 0 Å². The van der Waals surface area contributed by atoms with Crippen molar-refractivity contribution >= 4 is 0 Å². The van der Waals surface area contributed by atoms with E-state index in [0.29, 0.717) is 16.9 Å². The van der Waals surface area contributed by atoms with E-state index >= 15 is 0 Å². The number of allylic oxidation sites excluding steroid dienone is 1. The highest BCUT2D eigenvalue weighted by atomic mass is 16.3. The Morgan fingerprint density at radius 1 is 1.13 bits per heavy atom. The predicted molar refractivity (Wildman–Crippen MR) is 94.8 cm³/mol. The second-order valence-corrected chi connectivity index (χ2v) is 9.74. The minimum Gasteiger partial charge on any atom is -0.393 e. The first-order valence-electron chi connectivity index (χ1n) is 9.99. The van der Waals surface area contributed by atoms with Crippen LogP contribution in [-0.4, -0.2) is 17.3 Å². The first kappa shape index (κ1) is 16.1. The lowest BCUT2D eigenvalue weighted by Crippen LogP contribution is -2.51. The van der Waals surface area contributed by atoms with Crippen LogP contribution in [0, 0.1) is 34.5 Å². The molecule has 3 saturated carbocycles. The predicted octanol–water partition coefficient (Wildman–Crippen LogP) is 4.27. The van der Waals surface area contributed by atoms with Crippen LogP contribution in [0.5, 0.6) is 0 Å². The molecule has 0 aromatic heterocycles. The minimum absolute atomic E-state index is 0.0892. The van der Waals surface area contributed by atoms with Gasteiger partial charge >= 0.3 is 0 Å². The van der Waals surface area contributed by atoms with Gasteiger partial charge in [-0.3, -0.25) is 0 Å². The van der Waals surface area contributed by atoms with Gasteiger partial charge in [0.05, 0.1) is 6.10 Å². The topological polar surface area (TPSA) is 46.2 Å². The van der Waals surface area contributed by atoms with E-state index in [-0.39, 0.29) is 6.10 Å². The van der Waals surface area contributed by atoms with Gasteiger partial charge in [-0.15, -0.1) is 0 Å². The summed E-state index contributed by atoms with van der Waals surface area (Å²) in [7, 11) is 0. The molecule has 0 aromatic rings. The van der Waals surface area contributed by atoms with Crippen LogP contribution in [0.2, 0.25) is 0 Å². The maximum absolute atomic E-state index is 10.1. The van der Waals surface area contributed by atoms with Gasteiger partial charge in [0.25, 0.3) is 0 Å². The molecule has 4 aliphatic carbocycles. The van der Waals surface area contributed by atoms with Gasteiger partial charge in [0.2, 0.25) is 0 Å². The van der Waals surface area contributed by atoms with Crippen LogP contribution in [0.1, 0.15) is 72.1 Å². The van der Waals surface area contributed by atoms with Crippen molar-refractivity contribution in [3.8, 4) is 0 Å². The molecule has 0 radical (unpaired) electrons. The zero-order chi connectivity index (χ0) is 16.4. The van der Waals surface area contributed by atoms with Crippen LogP contribution in [0.15, 0.2) is 11.6 Å². The number of rotatable bonds is 1. The highest BCUT2D eigenvalue weighted by Crippen LogP contribution is 2.66. The van der Waals surface area contributed by atoms with E-state index in [0.717, 1.165) is 36.5 Å². The summed E-state index contributed by atoms with van der Waals surface area (Å²) in [5, 5.41) is 10.1. The summed E-state index contributed by atoms with van der Waals surface area (Å²) in [5.41, 5.74) is 8.80. The maximum Gasteiger partial charge on any atom is 0.0577 e. The Kier molecular flexibility index (Phi) is 3.74. The van der Waals surface area contributed by atoms with E-state index in [9.17, 15) is 5.11 Å². The normalized spacial score (nSPS) is 53.8. The quantitative estimate of drug-likeness (QED) is 0.709. The van der Waals surface area contributed by atoms with E-state index in [1.165, 1.54) is 38.5 Å². The molecule has 0 amide bonds. The molecule has 130 valence electrons. The van der Waals surface area contributed by atoms with Gasteiger partial charge in [-0.2, -0.15) is 0 Å². The highest BCUT2D eigenvalue weighted by molar-refractivity contribution is 5.25. The van der Waals surface area contributed by atoms with Crippen molar-refractivity contribution in [2.24, 2.45) is 40.2 Å². The zero-order valence-electron chi connectivity index (χ0n) is 15.2. The van der Waals surface area contributed by atoms with E-state index in [2.05, 4.69) is 26.8 Å². The lowest BCUT2D eigenvalue weighted by atomic mass is 9.47. The largest absolute Gasteiger partial charge is 0.393 e. The number of aliphatic hydroxyl groups excluding tert-OH is 1. The van der Waals surface area contributed by atoms with Crippen LogP contribution >= 0.6 is 0 Å². The average Bonchev–Trinajstić information content (AvgIpc) is 2.85. The van der Waals surface area contributed by atoms with Crippen molar-refractivity contribution in [1.82, 2.24) is 0 Å². The monoisotopic (exact) mass is 317 g/mol. The third-order valence-corrected chi connectivity index (χ3v) is 8.79. The van der Waals surface area contributed by atoms with Gasteiger partial charge in [0, 0.05) is 6.04 Å². The first-order valence-corrected chi connectivity index (χ1v) is 9.99. The molecule has 0 heterocycles. The molecule has 2 nitrogen and oxygen atoms in total.